The Labute approximate surface area is 172 Å². The van der Waals surface area contributed by atoms with Crippen LogP contribution in [0.4, 0.5) is 5.82 Å². The number of fused-ring (bicyclic) bond motifs is 1. The maximum Gasteiger partial charge on any atom is 0.250 e. The van der Waals surface area contributed by atoms with E-state index in [2.05, 4.69) is 25.6 Å². The van der Waals surface area contributed by atoms with Gasteiger partial charge in [-0.3, -0.25) is 9.36 Å². The third-order valence-corrected chi connectivity index (χ3v) is 5.05. The lowest BCUT2D eigenvalue weighted by molar-refractivity contribution is -0.134. The van der Waals surface area contributed by atoms with Crippen molar-refractivity contribution in [3.63, 3.8) is 0 Å². The number of nitrogens with two attached hydrogens (primary N) is 1. The number of methoxy groups -OCH3 is 1. The molecule has 4 unspecified atom stereocenters. The van der Waals surface area contributed by atoms with Gasteiger partial charge >= 0.3 is 0 Å². The van der Waals surface area contributed by atoms with Crippen molar-refractivity contribution in [1.29, 1.82) is 0 Å². The highest BCUT2D eigenvalue weighted by Crippen LogP contribution is 2.31. The fourth-order valence-electron chi connectivity index (χ4n) is 3.44. The number of aliphatic hydroxyl groups excluding tert-OH is 1. The molecule has 0 bridgehead atoms. The number of imidazole rings is 1. The van der Waals surface area contributed by atoms with Crippen LogP contribution in [-0.4, -0.2) is 62.9 Å². The van der Waals surface area contributed by atoms with Crippen LogP contribution < -0.4 is 21.1 Å². The van der Waals surface area contributed by atoms with E-state index >= 15 is 0 Å². The predicted octanol–water partition coefficient (Wildman–Crippen LogP) is -0.221. The third kappa shape index (κ3) is 3.54. The number of nitrogens with zero attached hydrogens (tertiary/aromatic N) is 4. The Bertz CT molecular complexity index is 1060. The summed E-state index contributed by atoms with van der Waals surface area (Å²) in [6.45, 7) is 0.502. The summed E-state index contributed by atoms with van der Waals surface area (Å²) in [5, 5.41) is 16.3. The number of carbonyl (C=O) groups is 1. The van der Waals surface area contributed by atoms with E-state index in [-0.39, 0.29) is 0 Å². The van der Waals surface area contributed by atoms with Crippen molar-refractivity contribution in [2.45, 2.75) is 31.0 Å². The Hall–Kier alpha value is -3.28. The smallest absolute Gasteiger partial charge is 0.250 e. The van der Waals surface area contributed by atoms with Crippen molar-refractivity contribution in [3.8, 4) is 5.75 Å². The van der Waals surface area contributed by atoms with E-state index in [0.717, 1.165) is 11.3 Å². The zero-order valence-electron chi connectivity index (χ0n) is 16.5. The molecule has 11 nitrogen and oxygen atoms in total. The Balaban J connectivity index is 1.58. The Morgan fingerprint density at radius 2 is 2.20 bits per heavy atom. The summed E-state index contributed by atoms with van der Waals surface area (Å²) in [6.07, 6.45) is -0.0873. The highest BCUT2D eigenvalue weighted by Gasteiger charge is 2.46. The van der Waals surface area contributed by atoms with E-state index in [0.29, 0.717) is 23.5 Å². The number of rotatable bonds is 6. The van der Waals surface area contributed by atoms with E-state index in [1.54, 1.807) is 11.7 Å². The zero-order chi connectivity index (χ0) is 21.3. The van der Waals surface area contributed by atoms with E-state index in [4.69, 9.17) is 15.2 Å². The Morgan fingerprint density at radius 3 is 2.97 bits per heavy atom. The minimum Gasteiger partial charge on any atom is -0.497 e. The number of hydrogen-bond acceptors (Lipinski definition) is 9. The molecule has 0 spiro atoms. The van der Waals surface area contributed by atoms with Crippen LogP contribution in [0.3, 0.4) is 0 Å². The standard InChI is InChI=1S/C19H23N7O4/c1-21-18(28)15-12(20)14(27)19(30-15)26-9-25-13-16(23-8-24-17(13)26)22-7-10-4-3-5-11(6-10)29-2/h3-6,8-9,12,14-15,19,27H,7,20H2,1-2H3,(H,21,28)(H,22,23,24). The summed E-state index contributed by atoms with van der Waals surface area (Å²) < 4.78 is 12.5. The number of ether oxygens (including phenoxy) is 2. The molecule has 1 aliphatic rings. The van der Waals surface area contributed by atoms with Crippen LogP contribution >= 0.6 is 0 Å². The van der Waals surface area contributed by atoms with Gasteiger partial charge in [-0.05, 0) is 17.7 Å². The summed E-state index contributed by atoms with van der Waals surface area (Å²) in [4.78, 5) is 24.9. The van der Waals surface area contributed by atoms with Crippen molar-refractivity contribution in [2.75, 3.05) is 19.5 Å². The second-order valence-electron chi connectivity index (χ2n) is 6.88. The highest BCUT2D eigenvalue weighted by molar-refractivity contribution is 5.83. The van der Waals surface area contributed by atoms with Crippen LogP contribution in [0.25, 0.3) is 11.2 Å². The highest BCUT2D eigenvalue weighted by atomic mass is 16.5. The summed E-state index contributed by atoms with van der Waals surface area (Å²) in [5.41, 5.74) is 7.95. The van der Waals surface area contributed by atoms with Gasteiger partial charge in [0.05, 0.1) is 19.5 Å². The average molecular weight is 413 g/mol. The van der Waals surface area contributed by atoms with Gasteiger partial charge in [0, 0.05) is 13.6 Å². The molecule has 0 radical (unpaired) electrons. The first-order valence-corrected chi connectivity index (χ1v) is 9.38. The molecule has 2 aromatic heterocycles. The summed E-state index contributed by atoms with van der Waals surface area (Å²) >= 11 is 0. The quantitative estimate of drug-likeness (QED) is 0.430. The van der Waals surface area contributed by atoms with Gasteiger partial charge in [0.2, 0.25) is 0 Å². The van der Waals surface area contributed by atoms with Gasteiger partial charge in [0.15, 0.2) is 29.3 Å². The van der Waals surface area contributed by atoms with Gasteiger partial charge in [-0.1, -0.05) is 12.1 Å². The lowest BCUT2D eigenvalue weighted by Gasteiger charge is -2.16. The maximum atomic E-state index is 12.0. The fourth-order valence-corrected chi connectivity index (χ4v) is 3.44. The number of nitrogens with one attached hydrogen (secondary N) is 2. The van der Waals surface area contributed by atoms with E-state index < -0.39 is 30.4 Å². The van der Waals surface area contributed by atoms with Crippen molar-refractivity contribution < 1.29 is 19.4 Å². The summed E-state index contributed by atoms with van der Waals surface area (Å²) in [5.74, 6) is 0.894. The molecule has 1 aliphatic heterocycles. The topological polar surface area (TPSA) is 149 Å². The van der Waals surface area contributed by atoms with Crippen molar-refractivity contribution in [1.82, 2.24) is 24.8 Å². The SMILES string of the molecule is CNC(=O)C1OC(n2cnc3c(NCc4cccc(OC)c4)ncnc32)C(O)C1N. The van der Waals surface area contributed by atoms with Gasteiger partial charge in [-0.2, -0.15) is 0 Å². The molecule has 11 heteroatoms. The van der Waals surface area contributed by atoms with Gasteiger partial charge in [0.25, 0.3) is 5.91 Å². The molecular formula is C19H23N7O4. The number of likely N-dealkylation sites (N-methyl/N-ethyl adjacent to an activating group) is 1. The lowest BCUT2D eigenvalue weighted by atomic mass is 10.1. The van der Waals surface area contributed by atoms with Crippen LogP contribution in [0.2, 0.25) is 0 Å². The Morgan fingerprint density at radius 1 is 1.37 bits per heavy atom. The van der Waals surface area contributed by atoms with Crippen LogP contribution in [0, 0.1) is 0 Å². The number of benzene rings is 1. The van der Waals surface area contributed by atoms with Crippen LogP contribution in [0.15, 0.2) is 36.9 Å². The average Bonchev–Trinajstić information content (AvgIpc) is 3.33. The molecule has 5 N–H and O–H groups in total. The first kappa shape index (κ1) is 20.0. The second-order valence-corrected chi connectivity index (χ2v) is 6.88. The summed E-state index contributed by atoms with van der Waals surface area (Å²) in [6, 6.07) is 6.80. The number of aromatic nitrogens is 4. The van der Waals surface area contributed by atoms with Crippen LogP contribution in [0.1, 0.15) is 11.8 Å². The van der Waals surface area contributed by atoms with Crippen molar-refractivity contribution >= 4 is 22.9 Å². The first-order chi connectivity index (χ1) is 14.5. The van der Waals surface area contributed by atoms with Gasteiger partial charge in [-0.15, -0.1) is 0 Å². The van der Waals surface area contributed by atoms with Crippen LogP contribution in [0.5, 0.6) is 5.75 Å². The minimum atomic E-state index is -1.10. The monoisotopic (exact) mass is 413 g/mol. The molecule has 4 atom stereocenters. The maximum absolute atomic E-state index is 12.0. The molecule has 1 fully saturated rings. The van der Waals surface area contributed by atoms with E-state index in [1.165, 1.54) is 19.7 Å². The molecule has 30 heavy (non-hydrogen) atoms. The van der Waals surface area contributed by atoms with E-state index in [9.17, 15) is 9.90 Å². The second kappa shape index (κ2) is 8.22. The molecule has 4 rings (SSSR count). The molecule has 158 valence electrons. The zero-order valence-corrected chi connectivity index (χ0v) is 16.5. The van der Waals surface area contributed by atoms with Crippen molar-refractivity contribution in [3.05, 3.63) is 42.5 Å². The largest absolute Gasteiger partial charge is 0.497 e. The predicted molar refractivity (Wildman–Crippen MR) is 108 cm³/mol. The molecule has 0 aliphatic carbocycles. The number of aliphatic hydroxyl groups is 1. The van der Waals surface area contributed by atoms with Gasteiger partial charge in [0.1, 0.15) is 18.2 Å². The molecular weight excluding hydrogens is 390 g/mol. The molecule has 0 saturated carbocycles. The Kier molecular flexibility index (Phi) is 5.48. The summed E-state index contributed by atoms with van der Waals surface area (Å²) in [7, 11) is 3.10. The number of hydrogen-bond donors (Lipinski definition) is 4. The fraction of sp³-hybridized carbons (Fsp3) is 0.368. The number of anilines is 1. The minimum absolute atomic E-state index is 0.399. The molecule has 1 aromatic carbocycles. The normalized spacial score (nSPS) is 23.5. The molecule has 3 aromatic rings. The van der Waals surface area contributed by atoms with Gasteiger partial charge in [-0.25, -0.2) is 15.0 Å². The third-order valence-electron chi connectivity index (χ3n) is 5.05. The first-order valence-electron chi connectivity index (χ1n) is 9.38. The lowest BCUT2D eigenvalue weighted by Crippen LogP contribution is -2.46. The molecule has 1 saturated heterocycles. The van der Waals surface area contributed by atoms with Crippen LogP contribution in [-0.2, 0) is 16.1 Å². The van der Waals surface area contributed by atoms with E-state index in [1.807, 2.05) is 24.3 Å². The van der Waals surface area contributed by atoms with Crippen molar-refractivity contribution in [2.24, 2.45) is 5.73 Å². The number of carbonyl (C=O) groups excluding carboxylic acids is 1. The van der Waals surface area contributed by atoms with Gasteiger partial charge < -0.3 is 30.9 Å². The number of amides is 1. The molecule has 3 heterocycles. The molecule has 1 amide bonds.